The van der Waals surface area contributed by atoms with E-state index in [2.05, 4.69) is 75.0 Å². The van der Waals surface area contributed by atoms with Crippen molar-refractivity contribution in [1.29, 1.82) is 0 Å². The number of primary amides is 2. The van der Waals surface area contributed by atoms with Crippen LogP contribution < -0.4 is 25.7 Å². The predicted octanol–water partition coefficient (Wildman–Crippen LogP) is 11.5. The zero-order valence-electron chi connectivity index (χ0n) is 55.9. The Morgan fingerprint density at radius 3 is 1.12 bits per heavy atom. The Morgan fingerprint density at radius 1 is 0.420 bits per heavy atom. The van der Waals surface area contributed by atoms with E-state index in [4.69, 9.17) is 45.4 Å². The van der Waals surface area contributed by atoms with Gasteiger partial charge in [0.2, 0.25) is 17.6 Å². The van der Waals surface area contributed by atoms with Crippen LogP contribution in [0.2, 0.25) is 0 Å². The van der Waals surface area contributed by atoms with Crippen molar-refractivity contribution in [3.8, 4) is 51.0 Å². The van der Waals surface area contributed by atoms with Gasteiger partial charge in [0, 0.05) is 62.4 Å². The average Bonchev–Trinajstić information content (AvgIpc) is 1.61. The van der Waals surface area contributed by atoms with Crippen molar-refractivity contribution in [2.24, 2.45) is 11.5 Å². The van der Waals surface area contributed by atoms with Crippen LogP contribution in [0.1, 0.15) is 68.3 Å². The number of hydrogen-bond donors (Lipinski definition) is 4. The van der Waals surface area contributed by atoms with Crippen molar-refractivity contribution in [3.63, 3.8) is 0 Å². The number of nitrogens with two attached hydrogens (primary N) is 2. The quantitative estimate of drug-likeness (QED) is 0.0248. The van der Waals surface area contributed by atoms with Crippen molar-refractivity contribution in [2.75, 3.05) is 40.1 Å². The summed E-state index contributed by atoms with van der Waals surface area (Å²) in [5.74, 6) is -5.64. The van der Waals surface area contributed by atoms with E-state index in [-0.39, 0.29) is 48.1 Å². The number of aliphatic hydroxyl groups is 1. The molecule has 6 heterocycles. The van der Waals surface area contributed by atoms with Crippen molar-refractivity contribution < 1.29 is 67.5 Å². The molecular formula is C78H74N8O14. The van der Waals surface area contributed by atoms with Gasteiger partial charge in [0.1, 0.15) is 0 Å². The van der Waals surface area contributed by atoms with Crippen LogP contribution in [-0.2, 0) is 53.1 Å². The highest BCUT2D eigenvalue weighted by atomic mass is 16.6. The smallest absolute Gasteiger partial charge is 0.344 e. The van der Waals surface area contributed by atoms with E-state index in [0.717, 1.165) is 63.6 Å². The highest BCUT2D eigenvalue weighted by Gasteiger charge is 2.30. The van der Waals surface area contributed by atoms with Crippen molar-refractivity contribution in [2.45, 2.75) is 54.3 Å². The number of carbonyl (C=O) groups is 7. The molecule has 0 fully saturated rings. The second kappa shape index (κ2) is 33.9. The SMILES string of the molecule is CCOC(=O)COc1nccc2c1c(C(=O)C(N)=O)c(C)n2Cc1ccccc1-c1ccccc1.CCOC(=O)COc1nccc2c1cc(C)n2Cc1ccccc1-c1ccccc1.CO.Cc1c(C(=O)C(N)=O)c2c(OCC(=O)O)nccc2n1Cc1ccccc1-c1ccccc1. The summed E-state index contributed by atoms with van der Waals surface area (Å²) in [7, 11) is 1.00. The van der Waals surface area contributed by atoms with Crippen LogP contribution >= 0.6 is 0 Å². The summed E-state index contributed by atoms with van der Waals surface area (Å²) < 4.78 is 32.5. The van der Waals surface area contributed by atoms with Crippen LogP contribution in [0.15, 0.2) is 207 Å². The average molecular weight is 1350 g/mol. The number of Topliss-reactive ketones (excluding diaryl/α,β-unsaturated/α-hetero) is 2. The molecule has 0 atom stereocenters. The minimum absolute atomic E-state index is 0.0438. The molecule has 510 valence electrons. The van der Waals surface area contributed by atoms with Crippen molar-refractivity contribution in [3.05, 3.63) is 252 Å². The Morgan fingerprint density at radius 2 is 0.750 bits per heavy atom. The van der Waals surface area contributed by atoms with Crippen LogP contribution in [0.5, 0.6) is 17.6 Å². The first kappa shape index (κ1) is 71.7. The number of aliphatic carboxylic acids is 1. The molecule has 0 saturated heterocycles. The Labute approximate surface area is 575 Å². The second-order valence-corrected chi connectivity index (χ2v) is 22.4. The molecule has 12 rings (SSSR count). The van der Waals surface area contributed by atoms with Gasteiger partial charge < -0.3 is 59.1 Å². The number of nitrogens with zero attached hydrogens (tertiary/aromatic N) is 6. The number of fused-ring (bicyclic) bond motifs is 3. The number of esters is 2. The molecule has 0 radical (unpaired) electrons. The van der Waals surface area contributed by atoms with E-state index >= 15 is 0 Å². The Hall–Kier alpha value is -12.6. The van der Waals surface area contributed by atoms with Crippen LogP contribution in [-0.4, -0.2) is 120 Å². The lowest BCUT2D eigenvalue weighted by Crippen LogP contribution is -2.24. The van der Waals surface area contributed by atoms with Crippen LogP contribution in [0, 0.1) is 20.8 Å². The van der Waals surface area contributed by atoms with E-state index < -0.39 is 47.9 Å². The summed E-state index contributed by atoms with van der Waals surface area (Å²) in [4.78, 5) is 96.5. The molecule has 6 N–H and O–H groups in total. The number of aryl methyl sites for hydroxylation is 1. The number of pyridine rings is 3. The number of rotatable bonds is 24. The summed E-state index contributed by atoms with van der Waals surface area (Å²) in [5, 5.41) is 17.5. The van der Waals surface area contributed by atoms with E-state index in [1.165, 1.54) is 29.1 Å². The molecule has 0 aliphatic carbocycles. The molecule has 0 bridgehead atoms. The molecule has 22 nitrogen and oxygen atoms in total. The summed E-state index contributed by atoms with van der Waals surface area (Å²) in [5.41, 5.74) is 25.0. The van der Waals surface area contributed by atoms with Crippen LogP contribution in [0.4, 0.5) is 0 Å². The van der Waals surface area contributed by atoms with Crippen LogP contribution in [0.25, 0.3) is 66.1 Å². The molecule has 6 aromatic heterocycles. The molecule has 2 amide bonds. The van der Waals surface area contributed by atoms with Gasteiger partial charge in [-0.05, 0) is 109 Å². The molecule has 0 unspecified atom stereocenters. The summed E-state index contributed by atoms with van der Waals surface area (Å²) in [6, 6.07) is 62.1. The molecule has 22 heteroatoms. The second-order valence-electron chi connectivity index (χ2n) is 22.4. The Bertz CT molecular complexity index is 4930. The molecule has 100 heavy (non-hydrogen) atoms. The number of ketones is 2. The van der Waals surface area contributed by atoms with Gasteiger partial charge in [0.15, 0.2) is 19.8 Å². The predicted molar refractivity (Wildman–Crippen MR) is 379 cm³/mol. The standard InChI is InChI=1S/C27H25N3O5.C25H21N3O5.C25H24N2O3.CH4O/c1-3-34-22(31)16-35-27-24-21(13-14-29-27)30(17(2)23(24)25(32)26(28)33)15-19-11-7-8-12-20(19)18-9-5-4-6-10-18;1-15-21(23(31)24(26)32)22-19(11-12-27-25(22)33-14-20(29)30)28(15)13-17-9-5-6-10-18(17)16-7-3-2-4-8-16;1-3-29-24(28)17-30-25-22-15-18(2)27(23(22)13-14-26-25)16-20-11-7-8-12-21(20)19-9-5-4-6-10-19;1-2/h4-14H,3,15-16H2,1-2H3,(H2,28,33);2-12H,13-14H2,1H3,(H2,26,32)(H,29,30);4-15H,3,16-17H2,1-2H3;2H,1H3. The summed E-state index contributed by atoms with van der Waals surface area (Å²) >= 11 is 0. The summed E-state index contributed by atoms with van der Waals surface area (Å²) in [6.07, 6.45) is 4.71. The minimum Gasteiger partial charge on any atom is -0.479 e. The Balaban J connectivity index is 0.000000173. The van der Waals surface area contributed by atoms with E-state index in [9.17, 15) is 33.6 Å². The number of carboxylic acids is 1. The van der Waals surface area contributed by atoms with Gasteiger partial charge >= 0.3 is 17.9 Å². The lowest BCUT2D eigenvalue weighted by atomic mass is 9.99. The van der Waals surface area contributed by atoms with Gasteiger partial charge in [-0.15, -0.1) is 0 Å². The highest BCUT2D eigenvalue weighted by Crippen LogP contribution is 2.37. The van der Waals surface area contributed by atoms with E-state index in [1.807, 2.05) is 137 Å². The first-order valence-corrected chi connectivity index (χ1v) is 31.8. The molecule has 12 aromatic rings. The monoisotopic (exact) mass is 1350 g/mol. The zero-order valence-corrected chi connectivity index (χ0v) is 55.9. The number of aromatic nitrogens is 6. The lowest BCUT2D eigenvalue weighted by Gasteiger charge is -2.14. The maximum atomic E-state index is 12.9. The number of carboxylic acid groups (broad SMARTS) is 1. The van der Waals surface area contributed by atoms with Crippen molar-refractivity contribution >= 4 is 74.0 Å². The molecule has 0 aliphatic heterocycles. The number of amides is 2. The first-order chi connectivity index (χ1) is 48.5. The minimum atomic E-state index is -1.19. The highest BCUT2D eigenvalue weighted by molar-refractivity contribution is 6.45. The molecule has 0 spiro atoms. The van der Waals surface area contributed by atoms with Gasteiger partial charge in [0.05, 0.1) is 57.0 Å². The number of carbonyl (C=O) groups excluding carboxylic acids is 6. The fraction of sp³-hybridized carbons (Fsp3) is 0.179. The summed E-state index contributed by atoms with van der Waals surface area (Å²) in [6.45, 7) is 9.88. The number of benzene rings is 6. The normalized spacial score (nSPS) is 10.7. The van der Waals surface area contributed by atoms with E-state index in [1.54, 1.807) is 46.0 Å². The maximum Gasteiger partial charge on any atom is 0.344 e. The third kappa shape index (κ3) is 16.6. The van der Waals surface area contributed by atoms with Gasteiger partial charge in [-0.3, -0.25) is 19.2 Å². The maximum absolute atomic E-state index is 12.9. The third-order valence-electron chi connectivity index (χ3n) is 16.2. The van der Waals surface area contributed by atoms with E-state index in [0.29, 0.717) is 53.4 Å². The fourth-order valence-electron chi connectivity index (χ4n) is 11.8. The van der Waals surface area contributed by atoms with Gasteiger partial charge in [-0.2, -0.15) is 0 Å². The first-order valence-electron chi connectivity index (χ1n) is 31.8. The molecular weight excluding hydrogens is 1270 g/mol. The van der Waals surface area contributed by atoms with Crippen molar-refractivity contribution in [1.82, 2.24) is 28.7 Å². The molecule has 0 aliphatic rings. The number of ether oxygens (including phenoxy) is 5. The molecule has 6 aromatic carbocycles. The molecule has 0 saturated carbocycles. The van der Waals surface area contributed by atoms with Gasteiger partial charge in [-0.25, -0.2) is 29.3 Å². The Kier molecular flexibility index (Phi) is 24.3. The number of hydrogen-bond acceptors (Lipinski definition) is 16. The number of aliphatic hydroxyl groups excluding tert-OH is 1. The zero-order chi connectivity index (χ0) is 71.4. The lowest BCUT2D eigenvalue weighted by molar-refractivity contribution is -0.146. The van der Waals surface area contributed by atoms with Gasteiger partial charge in [0.25, 0.3) is 23.4 Å². The van der Waals surface area contributed by atoms with Gasteiger partial charge in [-0.1, -0.05) is 164 Å². The van der Waals surface area contributed by atoms with Crippen LogP contribution in [0.3, 0.4) is 0 Å². The third-order valence-corrected chi connectivity index (χ3v) is 16.2. The topological polar surface area (TPSA) is 312 Å². The fourth-order valence-corrected chi connectivity index (χ4v) is 11.8. The largest absolute Gasteiger partial charge is 0.479 e.